The van der Waals surface area contributed by atoms with Crippen molar-refractivity contribution in [1.29, 1.82) is 0 Å². The number of hydrogen-bond acceptors (Lipinski definition) is 5. The number of nitrogens with one attached hydrogen (secondary N) is 2. The molecule has 0 aliphatic carbocycles. The van der Waals surface area contributed by atoms with Crippen molar-refractivity contribution in [3.8, 4) is 11.3 Å². The molecule has 0 aliphatic heterocycles. The van der Waals surface area contributed by atoms with E-state index in [1.807, 2.05) is 0 Å². The van der Waals surface area contributed by atoms with E-state index < -0.39 is 11.9 Å². The molecule has 0 aliphatic rings. The molecule has 0 spiro atoms. The van der Waals surface area contributed by atoms with Crippen LogP contribution >= 0.6 is 11.6 Å². The summed E-state index contributed by atoms with van der Waals surface area (Å²) in [5.41, 5.74) is 1.41. The van der Waals surface area contributed by atoms with Crippen molar-refractivity contribution in [3.63, 3.8) is 0 Å². The second-order valence-electron chi connectivity index (χ2n) is 5.18. The predicted molar refractivity (Wildman–Crippen MR) is 88.5 cm³/mol. The number of aromatic carboxylic acids is 1. The fraction of sp³-hybridized carbons (Fsp3) is 0.125. The molecule has 25 heavy (non-hydrogen) atoms. The van der Waals surface area contributed by atoms with Crippen LogP contribution in [0.1, 0.15) is 26.7 Å². The minimum absolute atomic E-state index is 0.0657. The minimum atomic E-state index is -1.11. The Kier molecular flexibility index (Phi) is 4.80. The van der Waals surface area contributed by atoms with E-state index in [1.165, 1.54) is 12.1 Å². The number of benzene rings is 1. The summed E-state index contributed by atoms with van der Waals surface area (Å²) in [7, 11) is 0. The highest BCUT2D eigenvalue weighted by atomic mass is 35.5. The minimum Gasteiger partial charge on any atom is -0.476 e. The smallest absolute Gasteiger partial charge is 0.356 e. The number of aromatic nitrogens is 3. The molecule has 0 bridgehead atoms. The Labute approximate surface area is 146 Å². The molecule has 9 heteroatoms. The van der Waals surface area contributed by atoms with Gasteiger partial charge in [-0.15, -0.1) is 0 Å². The number of rotatable bonds is 6. The molecule has 1 aromatic carbocycles. The quantitative estimate of drug-likeness (QED) is 0.620. The summed E-state index contributed by atoms with van der Waals surface area (Å²) in [5, 5.41) is 22.0. The first-order chi connectivity index (χ1) is 12.0. The molecule has 0 radical (unpaired) electrons. The third-order valence-electron chi connectivity index (χ3n) is 3.38. The lowest BCUT2D eigenvalue weighted by atomic mass is 10.1. The molecule has 0 saturated carbocycles. The van der Waals surface area contributed by atoms with Crippen LogP contribution in [-0.4, -0.2) is 38.9 Å². The highest BCUT2D eigenvalue weighted by Gasteiger charge is 2.14. The first kappa shape index (κ1) is 16.7. The van der Waals surface area contributed by atoms with Gasteiger partial charge < -0.3 is 14.9 Å². The van der Waals surface area contributed by atoms with Crippen molar-refractivity contribution >= 4 is 23.5 Å². The Morgan fingerprint density at radius 2 is 2.08 bits per heavy atom. The van der Waals surface area contributed by atoms with Gasteiger partial charge in [-0.3, -0.25) is 9.89 Å². The lowest BCUT2D eigenvalue weighted by molar-refractivity contribution is 0.0690. The fourth-order valence-electron chi connectivity index (χ4n) is 2.16. The SMILES string of the molecule is O=C(O)c1cc(CCNC(=O)c2cc(-c3cccc(Cl)c3)on2)[nH]n1. The molecule has 2 aromatic heterocycles. The zero-order valence-electron chi connectivity index (χ0n) is 12.8. The van der Waals surface area contributed by atoms with Gasteiger partial charge in [-0.1, -0.05) is 28.9 Å². The number of carbonyl (C=O) groups excluding carboxylic acids is 1. The number of carbonyl (C=O) groups is 2. The molecule has 0 atom stereocenters. The Bertz CT molecular complexity index is 918. The van der Waals surface area contributed by atoms with Crippen LogP contribution in [0.3, 0.4) is 0 Å². The van der Waals surface area contributed by atoms with E-state index in [-0.39, 0.29) is 11.4 Å². The zero-order valence-corrected chi connectivity index (χ0v) is 13.6. The monoisotopic (exact) mass is 360 g/mol. The van der Waals surface area contributed by atoms with Gasteiger partial charge in [-0.2, -0.15) is 5.10 Å². The van der Waals surface area contributed by atoms with Gasteiger partial charge in [0.25, 0.3) is 5.91 Å². The first-order valence-electron chi connectivity index (χ1n) is 7.31. The number of H-pyrrole nitrogens is 1. The van der Waals surface area contributed by atoms with Crippen LogP contribution in [0.25, 0.3) is 11.3 Å². The predicted octanol–water partition coefficient (Wildman–Crippen LogP) is 2.39. The van der Waals surface area contributed by atoms with Gasteiger partial charge in [0.2, 0.25) is 0 Å². The highest BCUT2D eigenvalue weighted by molar-refractivity contribution is 6.30. The van der Waals surface area contributed by atoms with Crippen LogP contribution in [0, 0.1) is 0 Å². The Balaban J connectivity index is 1.57. The van der Waals surface area contributed by atoms with E-state index in [9.17, 15) is 9.59 Å². The number of amides is 1. The molecule has 0 saturated heterocycles. The number of nitrogens with zero attached hydrogens (tertiary/aromatic N) is 2. The maximum Gasteiger partial charge on any atom is 0.356 e. The molecule has 0 fully saturated rings. The number of halogens is 1. The van der Waals surface area contributed by atoms with Gasteiger partial charge in [0, 0.05) is 35.3 Å². The van der Waals surface area contributed by atoms with Crippen LogP contribution < -0.4 is 5.32 Å². The largest absolute Gasteiger partial charge is 0.476 e. The molecule has 2 heterocycles. The van der Waals surface area contributed by atoms with Crippen molar-refractivity contribution in [1.82, 2.24) is 20.7 Å². The van der Waals surface area contributed by atoms with E-state index in [0.717, 1.165) is 5.56 Å². The second kappa shape index (κ2) is 7.18. The molecule has 3 N–H and O–H groups in total. The highest BCUT2D eigenvalue weighted by Crippen LogP contribution is 2.23. The molecular weight excluding hydrogens is 348 g/mol. The Morgan fingerprint density at radius 3 is 2.80 bits per heavy atom. The van der Waals surface area contributed by atoms with E-state index >= 15 is 0 Å². The normalized spacial score (nSPS) is 10.6. The van der Waals surface area contributed by atoms with Gasteiger partial charge in [-0.25, -0.2) is 4.79 Å². The number of hydrogen-bond donors (Lipinski definition) is 3. The van der Waals surface area contributed by atoms with Gasteiger partial charge in [-0.05, 0) is 18.2 Å². The summed E-state index contributed by atoms with van der Waals surface area (Å²) in [6.07, 6.45) is 0.408. The maximum atomic E-state index is 12.1. The van der Waals surface area contributed by atoms with Gasteiger partial charge in [0.1, 0.15) is 0 Å². The number of carboxylic acid groups (broad SMARTS) is 1. The number of carboxylic acids is 1. The molecule has 8 nitrogen and oxygen atoms in total. The topological polar surface area (TPSA) is 121 Å². The Hall–Kier alpha value is -3.13. The Morgan fingerprint density at radius 1 is 1.24 bits per heavy atom. The molecule has 1 amide bonds. The zero-order chi connectivity index (χ0) is 17.8. The van der Waals surface area contributed by atoms with Crippen molar-refractivity contribution in [2.24, 2.45) is 0 Å². The van der Waals surface area contributed by atoms with Gasteiger partial charge >= 0.3 is 5.97 Å². The van der Waals surface area contributed by atoms with E-state index in [1.54, 1.807) is 24.3 Å². The van der Waals surface area contributed by atoms with Gasteiger partial charge in [0.15, 0.2) is 17.1 Å². The van der Waals surface area contributed by atoms with E-state index in [4.69, 9.17) is 21.2 Å². The fourth-order valence-corrected chi connectivity index (χ4v) is 2.35. The molecular formula is C16H13ClN4O4. The average Bonchev–Trinajstić information content (AvgIpc) is 3.24. The molecule has 128 valence electrons. The summed E-state index contributed by atoms with van der Waals surface area (Å²) in [6.45, 7) is 0.291. The van der Waals surface area contributed by atoms with Crippen molar-refractivity contribution in [3.05, 3.63) is 58.5 Å². The van der Waals surface area contributed by atoms with E-state index in [0.29, 0.717) is 29.4 Å². The molecule has 3 aromatic rings. The first-order valence-corrected chi connectivity index (χ1v) is 7.69. The van der Waals surface area contributed by atoms with Crippen molar-refractivity contribution < 1.29 is 19.2 Å². The lowest BCUT2D eigenvalue weighted by Crippen LogP contribution is -2.26. The van der Waals surface area contributed by atoms with E-state index in [2.05, 4.69) is 20.7 Å². The van der Waals surface area contributed by atoms with Crippen LogP contribution in [-0.2, 0) is 6.42 Å². The molecule has 3 rings (SSSR count). The third-order valence-corrected chi connectivity index (χ3v) is 3.62. The lowest BCUT2D eigenvalue weighted by Gasteiger charge is -2.00. The van der Waals surface area contributed by atoms with Crippen LogP contribution in [0.15, 0.2) is 40.9 Å². The number of aromatic amines is 1. The third kappa shape index (κ3) is 4.04. The van der Waals surface area contributed by atoms with Crippen molar-refractivity contribution in [2.75, 3.05) is 6.54 Å². The van der Waals surface area contributed by atoms with Crippen LogP contribution in [0.4, 0.5) is 0 Å². The second-order valence-corrected chi connectivity index (χ2v) is 5.61. The summed E-state index contributed by atoms with van der Waals surface area (Å²) < 4.78 is 5.17. The standard InChI is InChI=1S/C16H13ClN4O4/c17-10-3-1-2-9(6-10)14-8-12(21-25-14)15(22)18-5-4-11-7-13(16(23)24)20-19-11/h1-3,6-8H,4-5H2,(H,18,22)(H,19,20)(H,23,24). The van der Waals surface area contributed by atoms with Gasteiger partial charge in [0.05, 0.1) is 0 Å². The van der Waals surface area contributed by atoms with Crippen molar-refractivity contribution in [2.45, 2.75) is 6.42 Å². The van der Waals surface area contributed by atoms with Crippen LogP contribution in [0.5, 0.6) is 0 Å². The average molecular weight is 361 g/mol. The molecule has 0 unspecified atom stereocenters. The summed E-state index contributed by atoms with van der Waals surface area (Å²) in [6, 6.07) is 9.96. The van der Waals surface area contributed by atoms with Crippen LogP contribution in [0.2, 0.25) is 5.02 Å². The summed E-state index contributed by atoms with van der Waals surface area (Å²) in [4.78, 5) is 22.8. The maximum absolute atomic E-state index is 12.1. The summed E-state index contributed by atoms with van der Waals surface area (Å²) >= 11 is 5.93. The summed E-state index contributed by atoms with van der Waals surface area (Å²) in [5.74, 6) is -1.06.